The first-order valence-corrected chi connectivity index (χ1v) is 9.86. The Hall–Kier alpha value is -2.87. The number of halogens is 2. The summed E-state index contributed by atoms with van der Waals surface area (Å²) in [6.07, 6.45) is 7.78. The third kappa shape index (κ3) is 7.10. The van der Waals surface area contributed by atoms with E-state index in [9.17, 15) is 9.18 Å². The molecule has 1 aliphatic heterocycles. The zero-order valence-corrected chi connectivity index (χ0v) is 19.6. The number of hydrogen-bond donors (Lipinski definition) is 3. The highest BCUT2D eigenvalue weighted by Crippen LogP contribution is 2.20. The Morgan fingerprint density at radius 2 is 2.23 bits per heavy atom. The van der Waals surface area contributed by atoms with E-state index in [0.717, 1.165) is 6.42 Å². The Bertz CT molecular complexity index is 961. The number of pyridine rings is 1. The average Bonchev–Trinajstić information content (AvgIpc) is 3.21. The SMILES string of the molecule is C#Cc1cccc(NC(=O)CN=C(NCC)NC2CCN(c3ncccc3F)C2)c1.I. The molecule has 1 aromatic carbocycles. The number of carbonyl (C=O) groups is 1. The first kappa shape index (κ1) is 24.4. The molecule has 2 heterocycles. The molecule has 0 bridgehead atoms. The summed E-state index contributed by atoms with van der Waals surface area (Å²) in [5.41, 5.74) is 1.33. The van der Waals surface area contributed by atoms with E-state index in [1.165, 1.54) is 6.07 Å². The molecule has 9 heteroatoms. The summed E-state index contributed by atoms with van der Waals surface area (Å²) in [4.78, 5) is 22.7. The van der Waals surface area contributed by atoms with Crippen LogP contribution in [0.25, 0.3) is 0 Å². The van der Waals surface area contributed by atoms with Crippen molar-refractivity contribution in [3.8, 4) is 12.3 Å². The molecule has 2 aromatic rings. The van der Waals surface area contributed by atoms with Crippen molar-refractivity contribution in [2.45, 2.75) is 19.4 Å². The van der Waals surface area contributed by atoms with Crippen LogP contribution in [0, 0.1) is 18.2 Å². The largest absolute Gasteiger partial charge is 0.357 e. The zero-order chi connectivity index (χ0) is 21.3. The summed E-state index contributed by atoms with van der Waals surface area (Å²) >= 11 is 0. The van der Waals surface area contributed by atoms with Gasteiger partial charge in [0.15, 0.2) is 17.6 Å². The molecule has 0 saturated carbocycles. The van der Waals surface area contributed by atoms with Crippen LogP contribution in [0.1, 0.15) is 18.9 Å². The van der Waals surface area contributed by atoms with E-state index < -0.39 is 0 Å². The van der Waals surface area contributed by atoms with Crippen molar-refractivity contribution >= 4 is 47.3 Å². The summed E-state index contributed by atoms with van der Waals surface area (Å²) in [7, 11) is 0. The van der Waals surface area contributed by atoms with Crippen LogP contribution in [0.15, 0.2) is 47.6 Å². The minimum absolute atomic E-state index is 0. The maximum atomic E-state index is 14.0. The van der Waals surface area contributed by atoms with Crippen molar-refractivity contribution in [1.82, 2.24) is 15.6 Å². The number of guanidine groups is 1. The highest BCUT2D eigenvalue weighted by molar-refractivity contribution is 14.0. The minimum Gasteiger partial charge on any atom is -0.357 e. The Kier molecular flexibility index (Phi) is 9.52. The fourth-order valence-electron chi connectivity index (χ4n) is 3.23. The number of rotatable bonds is 6. The average molecular weight is 536 g/mol. The van der Waals surface area contributed by atoms with Gasteiger partial charge in [0, 0.05) is 43.1 Å². The lowest BCUT2D eigenvalue weighted by molar-refractivity contribution is -0.114. The van der Waals surface area contributed by atoms with Crippen LogP contribution in [0.2, 0.25) is 0 Å². The number of carbonyl (C=O) groups excluding carboxylic acids is 1. The van der Waals surface area contributed by atoms with E-state index in [1.807, 2.05) is 11.8 Å². The summed E-state index contributed by atoms with van der Waals surface area (Å²) in [6.45, 7) is 3.86. The molecule has 1 unspecified atom stereocenters. The van der Waals surface area contributed by atoms with Gasteiger partial charge in [-0.1, -0.05) is 12.0 Å². The molecule has 1 fully saturated rings. The van der Waals surface area contributed by atoms with Crippen LogP contribution >= 0.6 is 24.0 Å². The van der Waals surface area contributed by atoms with Crippen LogP contribution in [0.4, 0.5) is 15.9 Å². The number of nitrogens with one attached hydrogen (secondary N) is 3. The number of hydrogen-bond acceptors (Lipinski definition) is 4. The van der Waals surface area contributed by atoms with Crippen molar-refractivity contribution in [3.05, 3.63) is 54.0 Å². The molecule has 1 aliphatic rings. The summed E-state index contributed by atoms with van der Waals surface area (Å²) in [5.74, 6) is 2.86. The van der Waals surface area contributed by atoms with E-state index in [4.69, 9.17) is 6.42 Å². The van der Waals surface area contributed by atoms with Crippen LogP contribution in [0.5, 0.6) is 0 Å². The first-order valence-electron chi connectivity index (χ1n) is 9.86. The van der Waals surface area contributed by atoms with Crippen molar-refractivity contribution in [1.29, 1.82) is 0 Å². The molecule has 1 saturated heterocycles. The maximum absolute atomic E-state index is 14.0. The van der Waals surface area contributed by atoms with Gasteiger partial charge in [-0.15, -0.1) is 30.4 Å². The van der Waals surface area contributed by atoms with Gasteiger partial charge in [0.05, 0.1) is 0 Å². The van der Waals surface area contributed by atoms with Gasteiger partial charge in [-0.05, 0) is 43.7 Å². The van der Waals surface area contributed by atoms with Gasteiger partial charge in [0.1, 0.15) is 6.54 Å². The molecular formula is C22H26FIN6O. The molecule has 3 rings (SSSR count). The molecule has 3 N–H and O–H groups in total. The monoisotopic (exact) mass is 536 g/mol. The number of nitrogens with zero attached hydrogens (tertiary/aromatic N) is 3. The Balaban J connectivity index is 0.00000341. The molecule has 1 atom stereocenters. The second-order valence-electron chi connectivity index (χ2n) is 6.85. The molecule has 164 valence electrons. The normalized spacial score (nSPS) is 15.6. The summed E-state index contributed by atoms with van der Waals surface area (Å²) < 4.78 is 14.0. The van der Waals surface area contributed by atoms with Gasteiger partial charge in [0.2, 0.25) is 5.91 Å². The lowest BCUT2D eigenvalue weighted by Crippen LogP contribution is -2.45. The van der Waals surface area contributed by atoms with Crippen LogP contribution < -0.4 is 20.9 Å². The number of benzene rings is 1. The fraction of sp³-hybridized carbons (Fsp3) is 0.318. The molecule has 1 aromatic heterocycles. The lowest BCUT2D eigenvalue weighted by Gasteiger charge is -2.19. The molecular weight excluding hydrogens is 510 g/mol. The number of amides is 1. The third-order valence-corrected chi connectivity index (χ3v) is 4.61. The van der Waals surface area contributed by atoms with Crippen molar-refractivity contribution in [2.75, 3.05) is 36.4 Å². The van der Waals surface area contributed by atoms with E-state index in [-0.39, 0.29) is 48.3 Å². The predicted octanol–water partition coefficient (Wildman–Crippen LogP) is 2.59. The zero-order valence-electron chi connectivity index (χ0n) is 17.3. The number of anilines is 2. The first-order chi connectivity index (χ1) is 14.6. The predicted molar refractivity (Wildman–Crippen MR) is 132 cm³/mol. The van der Waals surface area contributed by atoms with Gasteiger partial charge >= 0.3 is 0 Å². The standard InChI is InChI=1S/C22H25FN6O.HI/c1-3-16-7-5-8-17(13-16)27-20(30)14-26-22(24-4-2)28-18-10-12-29(15-18)21-19(23)9-6-11-25-21;/h1,5-9,11,13,18H,4,10,12,14-15H2,2H3,(H,27,30)(H2,24,26,28);1H. The van der Waals surface area contributed by atoms with Gasteiger partial charge in [-0.3, -0.25) is 4.79 Å². The molecule has 0 aliphatic carbocycles. The highest BCUT2D eigenvalue weighted by atomic mass is 127. The van der Waals surface area contributed by atoms with Gasteiger partial charge in [0.25, 0.3) is 0 Å². The fourth-order valence-corrected chi connectivity index (χ4v) is 3.23. The lowest BCUT2D eigenvalue weighted by atomic mass is 10.2. The molecule has 0 spiro atoms. The molecule has 31 heavy (non-hydrogen) atoms. The smallest absolute Gasteiger partial charge is 0.246 e. The van der Waals surface area contributed by atoms with Gasteiger partial charge < -0.3 is 20.9 Å². The van der Waals surface area contributed by atoms with E-state index >= 15 is 0 Å². The van der Waals surface area contributed by atoms with Gasteiger partial charge in [-0.25, -0.2) is 14.4 Å². The second kappa shape index (κ2) is 12.1. The number of aromatic nitrogens is 1. The summed E-state index contributed by atoms with van der Waals surface area (Å²) in [6, 6.07) is 10.1. The van der Waals surface area contributed by atoms with Gasteiger partial charge in [-0.2, -0.15) is 0 Å². The molecule has 1 amide bonds. The van der Waals surface area contributed by atoms with Crippen LogP contribution in [-0.2, 0) is 4.79 Å². The van der Waals surface area contributed by atoms with E-state index in [0.29, 0.717) is 42.7 Å². The van der Waals surface area contributed by atoms with E-state index in [1.54, 1.807) is 36.5 Å². The molecule has 7 nitrogen and oxygen atoms in total. The highest BCUT2D eigenvalue weighted by Gasteiger charge is 2.26. The Labute approximate surface area is 198 Å². The van der Waals surface area contributed by atoms with E-state index in [2.05, 4.69) is 31.8 Å². The van der Waals surface area contributed by atoms with Crippen LogP contribution in [-0.4, -0.2) is 49.1 Å². The topological polar surface area (TPSA) is 81.6 Å². The van der Waals surface area contributed by atoms with Crippen LogP contribution in [0.3, 0.4) is 0 Å². The number of terminal acetylenes is 1. The quantitative estimate of drug-likeness (QED) is 0.229. The summed E-state index contributed by atoms with van der Waals surface area (Å²) in [5, 5.41) is 9.24. The van der Waals surface area contributed by atoms with Crippen molar-refractivity contribution in [3.63, 3.8) is 0 Å². The Morgan fingerprint density at radius 3 is 2.97 bits per heavy atom. The number of aliphatic imine (C=N–C) groups is 1. The Morgan fingerprint density at radius 1 is 1.39 bits per heavy atom. The molecule has 0 radical (unpaired) electrons. The van der Waals surface area contributed by atoms with Crippen molar-refractivity contribution < 1.29 is 9.18 Å². The second-order valence-corrected chi connectivity index (χ2v) is 6.85. The third-order valence-electron chi connectivity index (χ3n) is 4.61. The maximum Gasteiger partial charge on any atom is 0.246 e. The minimum atomic E-state index is -0.329. The van der Waals surface area contributed by atoms with Crippen molar-refractivity contribution in [2.24, 2.45) is 4.99 Å².